The van der Waals surface area contributed by atoms with Gasteiger partial charge in [-0.25, -0.2) is 0 Å². The van der Waals surface area contributed by atoms with Gasteiger partial charge < -0.3 is 0 Å². The van der Waals surface area contributed by atoms with Crippen molar-refractivity contribution in [2.45, 2.75) is 20.3 Å². The molecule has 1 aliphatic rings. The summed E-state index contributed by atoms with van der Waals surface area (Å²) in [5, 5.41) is 8.55. The van der Waals surface area contributed by atoms with Gasteiger partial charge in [0, 0.05) is 11.1 Å². The normalized spacial score (nSPS) is 14.3. The first kappa shape index (κ1) is 13.6. The molecule has 0 amide bonds. The third-order valence-corrected chi connectivity index (χ3v) is 4.24. The Kier molecular flexibility index (Phi) is 3.57. The summed E-state index contributed by atoms with van der Waals surface area (Å²) in [6, 6.07) is 18.2. The van der Waals surface area contributed by atoms with Crippen LogP contribution in [0.25, 0.3) is 5.57 Å². The van der Waals surface area contributed by atoms with Crippen molar-refractivity contribution < 1.29 is 0 Å². The average Bonchev–Trinajstić information content (AvgIpc) is 2.87. The molecule has 1 aliphatic carbocycles. The zero-order chi connectivity index (χ0) is 14.8. The summed E-state index contributed by atoms with van der Waals surface area (Å²) in [6.07, 6.45) is 3.24. The fourth-order valence-corrected chi connectivity index (χ4v) is 2.84. The van der Waals surface area contributed by atoms with E-state index in [0.717, 1.165) is 17.5 Å². The van der Waals surface area contributed by atoms with Gasteiger partial charge in [0.05, 0.1) is 5.71 Å². The van der Waals surface area contributed by atoms with E-state index < -0.39 is 0 Å². The first-order valence-electron chi connectivity index (χ1n) is 7.29. The van der Waals surface area contributed by atoms with Crippen molar-refractivity contribution >= 4 is 11.3 Å². The lowest BCUT2D eigenvalue weighted by atomic mass is 9.91. The quantitative estimate of drug-likeness (QED) is 0.741. The van der Waals surface area contributed by atoms with Crippen molar-refractivity contribution in [3.8, 4) is 0 Å². The molecule has 21 heavy (non-hydrogen) atoms. The number of rotatable bonds is 3. The fraction of sp³-hybridized carbons (Fsp3) is 0.150. The predicted octanol–water partition coefficient (Wildman–Crippen LogP) is 5.23. The molecule has 3 rings (SSSR count). The molecule has 0 spiro atoms. The second kappa shape index (κ2) is 5.53. The molecule has 104 valence electrons. The van der Waals surface area contributed by atoms with Crippen molar-refractivity contribution in [2.24, 2.45) is 0 Å². The van der Waals surface area contributed by atoms with Crippen molar-refractivity contribution in [1.29, 1.82) is 5.41 Å². The number of hydrogen-bond donors (Lipinski definition) is 1. The zero-order valence-electron chi connectivity index (χ0n) is 12.5. The van der Waals surface area contributed by atoms with E-state index in [1.54, 1.807) is 0 Å². The number of benzene rings is 2. The molecular weight excluding hydrogens is 254 g/mol. The highest BCUT2D eigenvalue weighted by Gasteiger charge is 2.17. The Bertz CT molecular complexity index is 748. The van der Waals surface area contributed by atoms with Gasteiger partial charge in [-0.15, -0.1) is 0 Å². The molecule has 0 atom stereocenters. The van der Waals surface area contributed by atoms with Crippen LogP contribution in [-0.4, -0.2) is 5.71 Å². The first-order valence-corrected chi connectivity index (χ1v) is 7.29. The fourth-order valence-electron chi connectivity index (χ4n) is 2.84. The van der Waals surface area contributed by atoms with E-state index in [4.69, 9.17) is 5.41 Å². The monoisotopic (exact) mass is 273 g/mol. The van der Waals surface area contributed by atoms with Crippen molar-refractivity contribution in [2.75, 3.05) is 0 Å². The molecular formula is C20H19N. The number of hydrogen-bond acceptors (Lipinski definition) is 1. The molecule has 2 aromatic rings. The summed E-state index contributed by atoms with van der Waals surface area (Å²) >= 11 is 0. The predicted molar refractivity (Wildman–Crippen MR) is 89.8 cm³/mol. The standard InChI is InChI=1S/C20H19N/c1-14-12-13-17(15(14)2)18-10-6-7-11-19(18)20(21)16-8-4-3-5-9-16/h3-12,21H,13H2,1-2H3. The summed E-state index contributed by atoms with van der Waals surface area (Å²) in [5.41, 5.74) is 7.82. The van der Waals surface area contributed by atoms with Crippen LogP contribution in [0.5, 0.6) is 0 Å². The SMILES string of the molecule is CC1=CCC(c2ccccc2C(=N)c2ccccc2)=C1C. The first-order chi connectivity index (χ1) is 10.2. The molecule has 1 nitrogen and oxygen atoms in total. The minimum atomic E-state index is 0.594. The summed E-state index contributed by atoms with van der Waals surface area (Å²) in [4.78, 5) is 0. The van der Waals surface area contributed by atoms with E-state index in [2.05, 4.69) is 38.1 Å². The van der Waals surface area contributed by atoms with Gasteiger partial charge in [0.25, 0.3) is 0 Å². The Balaban J connectivity index is 2.08. The van der Waals surface area contributed by atoms with Gasteiger partial charge in [0.1, 0.15) is 0 Å². The second-order valence-corrected chi connectivity index (χ2v) is 5.48. The molecule has 0 unspecified atom stereocenters. The lowest BCUT2D eigenvalue weighted by molar-refractivity contribution is 1.37. The molecule has 0 aromatic heterocycles. The Hall–Kier alpha value is -2.41. The van der Waals surface area contributed by atoms with E-state index in [1.165, 1.54) is 22.3 Å². The van der Waals surface area contributed by atoms with Crippen LogP contribution in [0.15, 0.2) is 71.8 Å². The largest absolute Gasteiger partial charge is 0.300 e. The smallest absolute Gasteiger partial charge is 0.0690 e. The summed E-state index contributed by atoms with van der Waals surface area (Å²) in [6.45, 7) is 4.34. The topological polar surface area (TPSA) is 23.9 Å². The van der Waals surface area contributed by atoms with Crippen LogP contribution in [0.4, 0.5) is 0 Å². The van der Waals surface area contributed by atoms with Gasteiger partial charge in [-0.2, -0.15) is 0 Å². The van der Waals surface area contributed by atoms with Crippen molar-refractivity contribution in [3.63, 3.8) is 0 Å². The highest BCUT2D eigenvalue weighted by atomic mass is 14.4. The van der Waals surface area contributed by atoms with Gasteiger partial charge >= 0.3 is 0 Å². The van der Waals surface area contributed by atoms with E-state index in [9.17, 15) is 0 Å². The van der Waals surface area contributed by atoms with Crippen LogP contribution in [-0.2, 0) is 0 Å². The molecule has 2 aromatic carbocycles. The lowest BCUT2D eigenvalue weighted by Gasteiger charge is -2.13. The maximum Gasteiger partial charge on any atom is 0.0690 e. The zero-order valence-corrected chi connectivity index (χ0v) is 12.5. The summed E-state index contributed by atoms with van der Waals surface area (Å²) in [5.74, 6) is 0. The van der Waals surface area contributed by atoms with Crippen LogP contribution in [0.3, 0.4) is 0 Å². The molecule has 1 heteroatoms. The Morgan fingerprint density at radius 2 is 1.57 bits per heavy atom. The van der Waals surface area contributed by atoms with Crippen molar-refractivity contribution in [3.05, 3.63) is 88.5 Å². The Labute approximate surface area is 126 Å². The molecule has 0 radical (unpaired) electrons. The molecule has 0 aliphatic heterocycles. The molecule has 0 saturated carbocycles. The second-order valence-electron chi connectivity index (χ2n) is 5.48. The molecule has 1 N–H and O–H groups in total. The van der Waals surface area contributed by atoms with Crippen molar-refractivity contribution in [1.82, 2.24) is 0 Å². The number of nitrogens with one attached hydrogen (secondary N) is 1. The molecule has 0 saturated heterocycles. The average molecular weight is 273 g/mol. The maximum absolute atomic E-state index is 8.55. The lowest BCUT2D eigenvalue weighted by Crippen LogP contribution is -2.05. The minimum Gasteiger partial charge on any atom is -0.300 e. The summed E-state index contributed by atoms with van der Waals surface area (Å²) < 4.78 is 0. The highest BCUT2D eigenvalue weighted by molar-refractivity contribution is 6.13. The van der Waals surface area contributed by atoms with Gasteiger partial charge in [-0.05, 0) is 37.0 Å². The van der Waals surface area contributed by atoms with Crippen LogP contribution < -0.4 is 0 Å². The van der Waals surface area contributed by atoms with Crippen LogP contribution in [0.1, 0.15) is 37.0 Å². The van der Waals surface area contributed by atoms with Crippen LogP contribution >= 0.6 is 0 Å². The minimum absolute atomic E-state index is 0.594. The van der Waals surface area contributed by atoms with E-state index in [-0.39, 0.29) is 0 Å². The molecule has 0 bridgehead atoms. The van der Waals surface area contributed by atoms with Gasteiger partial charge in [-0.1, -0.05) is 66.2 Å². The van der Waals surface area contributed by atoms with Crippen LogP contribution in [0.2, 0.25) is 0 Å². The van der Waals surface area contributed by atoms with Crippen LogP contribution in [0, 0.1) is 5.41 Å². The molecule has 0 heterocycles. The van der Waals surface area contributed by atoms with E-state index in [1.807, 2.05) is 36.4 Å². The number of allylic oxidation sites excluding steroid dienone is 4. The van der Waals surface area contributed by atoms with E-state index in [0.29, 0.717) is 5.71 Å². The third kappa shape index (κ3) is 2.47. The Morgan fingerprint density at radius 3 is 2.24 bits per heavy atom. The van der Waals surface area contributed by atoms with Gasteiger partial charge in [-0.3, -0.25) is 5.41 Å². The highest BCUT2D eigenvalue weighted by Crippen LogP contribution is 2.35. The maximum atomic E-state index is 8.55. The summed E-state index contributed by atoms with van der Waals surface area (Å²) in [7, 11) is 0. The Morgan fingerprint density at radius 1 is 0.905 bits per heavy atom. The van der Waals surface area contributed by atoms with E-state index >= 15 is 0 Å². The van der Waals surface area contributed by atoms with Gasteiger partial charge in [0.2, 0.25) is 0 Å². The third-order valence-electron chi connectivity index (χ3n) is 4.24. The van der Waals surface area contributed by atoms with Gasteiger partial charge in [0.15, 0.2) is 0 Å². The molecule has 0 fully saturated rings.